The molecule has 0 bridgehead atoms. The van der Waals surface area contributed by atoms with Gasteiger partial charge in [0.2, 0.25) is 0 Å². The van der Waals surface area contributed by atoms with Crippen molar-refractivity contribution in [1.29, 1.82) is 0 Å². The van der Waals surface area contributed by atoms with Gasteiger partial charge >= 0.3 is 0 Å². The fourth-order valence-corrected chi connectivity index (χ4v) is 2.98. The molecule has 1 atom stereocenters. The fraction of sp³-hybridized carbons (Fsp3) is 0.500. The maximum absolute atomic E-state index is 12.0. The van der Waals surface area contributed by atoms with E-state index in [4.69, 9.17) is 11.6 Å². The Hall–Kier alpha value is -0.580. The normalized spacial score (nSPS) is 14.6. The molecule has 5 heteroatoms. The minimum Gasteiger partial charge on any atom is -0.392 e. The highest BCUT2D eigenvalue weighted by molar-refractivity contribution is 7.91. The third-order valence-electron chi connectivity index (χ3n) is 2.55. The predicted octanol–water partition coefficient (Wildman–Crippen LogP) is 2.52. The smallest absolute Gasteiger partial charge is 0.180 e. The molecule has 96 valence electrons. The third kappa shape index (κ3) is 3.98. The second kappa shape index (κ2) is 4.96. The van der Waals surface area contributed by atoms with Crippen molar-refractivity contribution >= 4 is 21.4 Å². The molecule has 0 amide bonds. The summed E-state index contributed by atoms with van der Waals surface area (Å²) in [6.07, 6.45) is -0.900. The van der Waals surface area contributed by atoms with Gasteiger partial charge in [-0.05, 0) is 29.7 Å². The molecule has 0 fully saturated rings. The molecular formula is C12H17ClO3S. The van der Waals surface area contributed by atoms with E-state index in [1.54, 1.807) is 20.8 Å². The summed E-state index contributed by atoms with van der Waals surface area (Å²) in [6.45, 7) is 5.40. The van der Waals surface area contributed by atoms with E-state index in [2.05, 4.69) is 0 Å². The van der Waals surface area contributed by atoms with Crippen LogP contribution in [0.1, 0.15) is 20.8 Å². The first kappa shape index (κ1) is 14.5. The summed E-state index contributed by atoms with van der Waals surface area (Å²) in [5, 5.41) is 10.3. The van der Waals surface area contributed by atoms with E-state index >= 15 is 0 Å². The van der Waals surface area contributed by atoms with Crippen molar-refractivity contribution in [2.75, 3.05) is 5.75 Å². The summed E-state index contributed by atoms with van der Waals surface area (Å²) in [5.41, 5.74) is -0.459. The van der Waals surface area contributed by atoms with Crippen molar-refractivity contribution in [3.63, 3.8) is 0 Å². The lowest BCUT2D eigenvalue weighted by molar-refractivity contribution is 0.0826. The van der Waals surface area contributed by atoms with Crippen molar-refractivity contribution in [2.24, 2.45) is 5.41 Å². The average molecular weight is 277 g/mol. The highest BCUT2D eigenvalue weighted by Gasteiger charge is 2.28. The summed E-state index contributed by atoms with van der Waals surface area (Å²) in [5.74, 6) is -0.280. The average Bonchev–Trinajstić information content (AvgIpc) is 2.16. The molecule has 0 aliphatic carbocycles. The van der Waals surface area contributed by atoms with Gasteiger partial charge in [0.15, 0.2) is 9.84 Å². The number of benzene rings is 1. The van der Waals surface area contributed by atoms with Crippen molar-refractivity contribution < 1.29 is 13.5 Å². The van der Waals surface area contributed by atoms with E-state index in [1.807, 2.05) is 0 Å². The number of hydrogen-bond donors (Lipinski definition) is 1. The number of aliphatic hydroxyl groups is 1. The first-order chi connectivity index (χ1) is 7.63. The Morgan fingerprint density at radius 3 is 2.12 bits per heavy atom. The van der Waals surface area contributed by atoms with Crippen LogP contribution in [0.4, 0.5) is 0 Å². The van der Waals surface area contributed by atoms with E-state index in [0.29, 0.717) is 5.02 Å². The number of hydrogen-bond acceptors (Lipinski definition) is 3. The molecular weight excluding hydrogens is 260 g/mol. The third-order valence-corrected chi connectivity index (χ3v) is 4.55. The van der Waals surface area contributed by atoms with Gasteiger partial charge in [0, 0.05) is 5.02 Å². The lowest BCUT2D eigenvalue weighted by Crippen LogP contribution is -2.33. The molecule has 0 saturated carbocycles. The molecule has 0 aromatic heterocycles. The molecule has 3 nitrogen and oxygen atoms in total. The maximum atomic E-state index is 12.0. The van der Waals surface area contributed by atoms with Crippen LogP contribution in [-0.4, -0.2) is 25.4 Å². The molecule has 0 spiro atoms. The lowest BCUT2D eigenvalue weighted by atomic mass is 9.90. The minimum atomic E-state index is -3.47. The van der Waals surface area contributed by atoms with E-state index in [9.17, 15) is 13.5 Å². The summed E-state index contributed by atoms with van der Waals surface area (Å²) in [7, 11) is -3.47. The minimum absolute atomic E-state index is 0.185. The molecule has 0 aliphatic rings. The highest BCUT2D eigenvalue weighted by Crippen LogP contribution is 2.23. The Morgan fingerprint density at radius 2 is 1.71 bits per heavy atom. The first-order valence-corrected chi connectivity index (χ1v) is 7.32. The van der Waals surface area contributed by atoms with Crippen LogP contribution in [0.2, 0.25) is 5.02 Å². The Kier molecular flexibility index (Phi) is 4.23. The van der Waals surface area contributed by atoms with Gasteiger partial charge in [0.1, 0.15) is 0 Å². The van der Waals surface area contributed by atoms with Gasteiger partial charge in [-0.25, -0.2) is 8.42 Å². The Morgan fingerprint density at radius 1 is 1.24 bits per heavy atom. The van der Waals surface area contributed by atoms with Crippen LogP contribution in [0.5, 0.6) is 0 Å². The van der Waals surface area contributed by atoms with E-state index in [1.165, 1.54) is 24.3 Å². The molecule has 1 aromatic rings. The zero-order chi connectivity index (χ0) is 13.3. The van der Waals surface area contributed by atoms with Crippen molar-refractivity contribution in [1.82, 2.24) is 0 Å². The number of sulfone groups is 1. The lowest BCUT2D eigenvalue weighted by Gasteiger charge is -2.25. The van der Waals surface area contributed by atoms with Crippen LogP contribution in [0.25, 0.3) is 0 Å². The maximum Gasteiger partial charge on any atom is 0.180 e. The predicted molar refractivity (Wildman–Crippen MR) is 69.0 cm³/mol. The van der Waals surface area contributed by atoms with Gasteiger partial charge in [-0.2, -0.15) is 0 Å². The van der Waals surface area contributed by atoms with Crippen LogP contribution < -0.4 is 0 Å². The largest absolute Gasteiger partial charge is 0.392 e. The second-order valence-electron chi connectivity index (χ2n) is 5.12. The molecule has 1 N–H and O–H groups in total. The van der Waals surface area contributed by atoms with Crippen molar-refractivity contribution in [3.05, 3.63) is 29.3 Å². The van der Waals surface area contributed by atoms with Crippen LogP contribution in [0.3, 0.4) is 0 Å². The van der Waals surface area contributed by atoms with Crippen molar-refractivity contribution in [3.8, 4) is 0 Å². The number of halogens is 1. The quantitative estimate of drug-likeness (QED) is 0.923. The summed E-state index contributed by atoms with van der Waals surface area (Å²) in [4.78, 5) is 0.185. The first-order valence-electron chi connectivity index (χ1n) is 5.29. The van der Waals surface area contributed by atoms with Gasteiger partial charge in [-0.3, -0.25) is 0 Å². The van der Waals surface area contributed by atoms with Crippen LogP contribution in [0.15, 0.2) is 29.2 Å². The zero-order valence-corrected chi connectivity index (χ0v) is 11.7. The molecule has 1 unspecified atom stereocenters. The molecule has 0 aliphatic heterocycles. The SMILES string of the molecule is CC(C)(C)C(O)CS(=O)(=O)c1ccc(Cl)cc1. The summed E-state index contributed by atoms with van der Waals surface area (Å²) >= 11 is 5.70. The van der Waals surface area contributed by atoms with Crippen molar-refractivity contribution in [2.45, 2.75) is 31.8 Å². The molecule has 0 saturated heterocycles. The topological polar surface area (TPSA) is 54.4 Å². The second-order valence-corrected chi connectivity index (χ2v) is 7.59. The molecule has 1 rings (SSSR count). The van der Waals surface area contributed by atoms with Crippen LogP contribution in [0, 0.1) is 5.41 Å². The number of rotatable bonds is 3. The van der Waals surface area contributed by atoms with Gasteiger partial charge < -0.3 is 5.11 Å². The van der Waals surface area contributed by atoms with Gasteiger partial charge in [0.05, 0.1) is 16.8 Å². The number of aliphatic hydroxyl groups excluding tert-OH is 1. The van der Waals surface area contributed by atoms with E-state index < -0.39 is 21.4 Å². The summed E-state index contributed by atoms with van der Waals surface area (Å²) < 4.78 is 24.0. The molecule has 0 heterocycles. The van der Waals surface area contributed by atoms with Crippen LogP contribution in [-0.2, 0) is 9.84 Å². The standard InChI is InChI=1S/C12H17ClO3S/c1-12(2,3)11(14)8-17(15,16)10-6-4-9(13)5-7-10/h4-7,11,14H,8H2,1-3H3. The van der Waals surface area contributed by atoms with Crippen LogP contribution >= 0.6 is 11.6 Å². The zero-order valence-electron chi connectivity index (χ0n) is 10.1. The Labute approximate surface area is 107 Å². The fourth-order valence-electron chi connectivity index (χ4n) is 1.20. The summed E-state index contributed by atoms with van der Waals surface area (Å²) in [6, 6.07) is 5.95. The van der Waals surface area contributed by atoms with E-state index in [0.717, 1.165) is 0 Å². The van der Waals surface area contributed by atoms with Gasteiger partial charge in [-0.15, -0.1) is 0 Å². The molecule has 17 heavy (non-hydrogen) atoms. The van der Waals surface area contributed by atoms with Gasteiger partial charge in [-0.1, -0.05) is 32.4 Å². The Bertz CT molecular complexity index is 471. The van der Waals surface area contributed by atoms with Gasteiger partial charge in [0.25, 0.3) is 0 Å². The molecule has 0 radical (unpaired) electrons. The Balaban J connectivity index is 2.94. The monoisotopic (exact) mass is 276 g/mol. The highest BCUT2D eigenvalue weighted by atomic mass is 35.5. The van der Waals surface area contributed by atoms with E-state index in [-0.39, 0.29) is 10.6 Å². The molecule has 1 aromatic carbocycles.